The molecule has 0 aromatic carbocycles. The smallest absolute Gasteiger partial charge is 0.313 e. The van der Waals surface area contributed by atoms with Crippen LogP contribution in [0.25, 0.3) is 0 Å². The van der Waals surface area contributed by atoms with Crippen LogP contribution in [0.1, 0.15) is 119 Å². The number of nitrogens with one attached hydrogen (secondary N) is 1. The first-order chi connectivity index (χ1) is 27.8. The summed E-state index contributed by atoms with van der Waals surface area (Å²) in [5, 5.41) is 14.7. The van der Waals surface area contributed by atoms with Crippen LogP contribution in [0.5, 0.6) is 11.8 Å². The summed E-state index contributed by atoms with van der Waals surface area (Å²) in [6, 6.07) is 5.31. The number of methoxy groups -OCH3 is 1. The number of hydrogen-bond acceptors (Lipinski definition) is 8. The van der Waals surface area contributed by atoms with Gasteiger partial charge in [0.25, 0.3) is 0 Å². The molecular formula is C49H73N3O6S. The monoisotopic (exact) mass is 832 g/mol. The Kier molecular flexibility index (Phi) is 11.1. The highest BCUT2D eigenvalue weighted by molar-refractivity contribution is 7.91. The van der Waals surface area contributed by atoms with Crippen LogP contribution in [0.2, 0.25) is 0 Å². The molecule has 0 unspecified atom stereocenters. The number of carboxylic acids is 1. The maximum atomic E-state index is 12.8. The number of hydrogen-bond donors (Lipinski definition) is 2. The summed E-state index contributed by atoms with van der Waals surface area (Å²) in [6.07, 6.45) is 17.6. The van der Waals surface area contributed by atoms with E-state index in [1.807, 2.05) is 6.07 Å². The predicted octanol–water partition coefficient (Wildman–Crippen LogP) is 8.92. The molecule has 1 aromatic rings. The number of nitrogens with zero attached hydrogens (tertiary/aromatic N) is 2. The van der Waals surface area contributed by atoms with Gasteiger partial charge >= 0.3 is 5.97 Å². The Morgan fingerprint density at radius 3 is 2.36 bits per heavy atom. The minimum atomic E-state index is -2.88. The van der Waals surface area contributed by atoms with Crippen LogP contribution in [0, 0.1) is 56.7 Å². The third-order valence-corrected chi connectivity index (χ3v) is 20.4. The minimum absolute atomic E-state index is 0.0111. The van der Waals surface area contributed by atoms with E-state index in [2.05, 4.69) is 75.5 Å². The molecule has 326 valence electrons. The number of pyridine rings is 1. The van der Waals surface area contributed by atoms with Gasteiger partial charge in [-0.2, -0.15) is 4.98 Å². The zero-order valence-electron chi connectivity index (χ0n) is 37.2. The van der Waals surface area contributed by atoms with Crippen molar-refractivity contribution in [1.82, 2.24) is 15.2 Å². The average molecular weight is 832 g/mol. The van der Waals surface area contributed by atoms with Crippen molar-refractivity contribution >= 4 is 15.8 Å². The second kappa shape index (κ2) is 15.3. The molecule has 0 spiro atoms. The van der Waals surface area contributed by atoms with Crippen LogP contribution < -0.4 is 14.8 Å². The number of aliphatic carboxylic acids is 1. The Labute approximate surface area is 355 Å². The predicted molar refractivity (Wildman–Crippen MR) is 234 cm³/mol. The van der Waals surface area contributed by atoms with Crippen LogP contribution in [-0.2, 0) is 14.6 Å². The van der Waals surface area contributed by atoms with Gasteiger partial charge in [0, 0.05) is 43.9 Å². The van der Waals surface area contributed by atoms with Gasteiger partial charge in [-0.25, -0.2) is 8.42 Å². The van der Waals surface area contributed by atoms with Crippen LogP contribution in [0.4, 0.5) is 0 Å². The number of rotatable bonds is 11. The first kappa shape index (κ1) is 43.0. The van der Waals surface area contributed by atoms with Crippen molar-refractivity contribution in [2.75, 3.05) is 51.4 Å². The van der Waals surface area contributed by atoms with Gasteiger partial charge < -0.3 is 24.8 Å². The van der Waals surface area contributed by atoms with Crippen LogP contribution >= 0.6 is 0 Å². The molecular weight excluding hydrogens is 759 g/mol. The molecule has 59 heavy (non-hydrogen) atoms. The Balaban J connectivity index is 1.00. The fourth-order valence-electron chi connectivity index (χ4n) is 15.4. The maximum absolute atomic E-state index is 12.8. The minimum Gasteiger partial charge on any atom is -0.481 e. The lowest BCUT2D eigenvalue weighted by Gasteiger charge is -2.72. The number of fused-ring (bicyclic) bond motifs is 7. The summed E-state index contributed by atoms with van der Waals surface area (Å²) < 4.78 is 35.4. The molecule has 0 amide bonds. The van der Waals surface area contributed by atoms with Gasteiger partial charge in [0.05, 0.1) is 18.6 Å². The van der Waals surface area contributed by atoms with E-state index >= 15 is 0 Å². The molecule has 2 heterocycles. The highest BCUT2D eigenvalue weighted by Gasteiger charge is 2.70. The summed E-state index contributed by atoms with van der Waals surface area (Å²) >= 11 is 0. The summed E-state index contributed by atoms with van der Waals surface area (Å²) in [5.74, 6) is 3.61. The normalized spacial score (nSPS) is 41.2. The number of aromatic nitrogens is 1. The average Bonchev–Trinajstić information content (AvgIpc) is 3.58. The lowest BCUT2D eigenvalue weighted by molar-refractivity contribution is -0.221. The van der Waals surface area contributed by atoms with Gasteiger partial charge in [-0.3, -0.25) is 4.79 Å². The zero-order chi connectivity index (χ0) is 42.2. The molecule has 10 atom stereocenters. The van der Waals surface area contributed by atoms with Crippen molar-refractivity contribution in [2.24, 2.45) is 56.7 Å². The number of sulfone groups is 1. The van der Waals surface area contributed by atoms with Crippen LogP contribution in [0.15, 0.2) is 53.6 Å². The summed E-state index contributed by atoms with van der Waals surface area (Å²) in [6.45, 7) is 23.2. The third-order valence-electron chi connectivity index (χ3n) is 18.8. The lowest BCUT2D eigenvalue weighted by Crippen LogP contribution is -2.68. The van der Waals surface area contributed by atoms with Gasteiger partial charge in [-0.15, -0.1) is 0 Å². The van der Waals surface area contributed by atoms with Gasteiger partial charge in [0.1, 0.15) is 12.0 Å². The van der Waals surface area contributed by atoms with Gasteiger partial charge in [0.2, 0.25) is 11.8 Å². The van der Waals surface area contributed by atoms with E-state index in [0.29, 0.717) is 78.8 Å². The maximum Gasteiger partial charge on any atom is 0.313 e. The van der Waals surface area contributed by atoms with Gasteiger partial charge in [-0.1, -0.05) is 65.0 Å². The molecule has 7 aliphatic rings. The molecule has 0 radical (unpaired) electrons. The number of carboxylic acid groups (broad SMARTS) is 1. The summed E-state index contributed by atoms with van der Waals surface area (Å²) in [7, 11) is -1.32. The highest BCUT2D eigenvalue weighted by Crippen LogP contribution is 2.76. The van der Waals surface area contributed by atoms with Crippen LogP contribution in [0.3, 0.4) is 0 Å². The standard InChI is InChI=1S/C49H73N3O6S/c1-33(2)35-16-23-49(50-26-27-52-28-30-59(55,56)31-29-52)25-24-46(6)37(42(35)49)12-13-39-45(5)19-17-36(44(3,4)38(45)18-20-47(39,46)7)34-14-21-48(22-15-34,43(53)54)32-58-41-11-9-10-40(51-41)57-8/h9-11,14,17,35,37-39,42,50H,1,12-13,15-16,18-32H2,2-8H3,(H,53,54)/t35-,37+,38-,39+,42+,45-,46+,47+,48+,49-/m0/s1. The van der Waals surface area contributed by atoms with E-state index in [1.165, 1.54) is 68.1 Å². The van der Waals surface area contributed by atoms with Crippen molar-refractivity contribution in [1.29, 1.82) is 0 Å². The highest BCUT2D eigenvalue weighted by atomic mass is 32.2. The van der Waals surface area contributed by atoms with E-state index in [-0.39, 0.29) is 33.8 Å². The Bertz CT molecular complexity index is 1980. The molecule has 1 saturated heterocycles. The first-order valence-corrected chi connectivity index (χ1v) is 24.8. The molecule has 2 N–H and O–H groups in total. The number of ether oxygens (including phenoxy) is 2. The fraction of sp³-hybridized carbons (Fsp3) is 0.755. The van der Waals surface area contributed by atoms with Gasteiger partial charge in [0.15, 0.2) is 9.84 Å². The Morgan fingerprint density at radius 2 is 1.68 bits per heavy atom. The Morgan fingerprint density at radius 1 is 0.932 bits per heavy atom. The van der Waals surface area contributed by atoms with E-state index < -0.39 is 21.2 Å². The molecule has 0 bridgehead atoms. The largest absolute Gasteiger partial charge is 0.481 e. The SMILES string of the molecule is C=C(C)[C@@H]1CC[C@]2(NCCN3CCS(=O)(=O)CC3)CC[C@]3(C)[C@H](CC[C@@H]4[C@@]5(C)CC=C(C6=CC[C@@](COc7cccc(OC)n7)(C(=O)O)CC6)C(C)(C)[C@@H]5CC[C@]43C)[C@@H]12. The van der Waals surface area contributed by atoms with Crippen molar-refractivity contribution in [3.8, 4) is 11.8 Å². The summed E-state index contributed by atoms with van der Waals surface area (Å²) in [4.78, 5) is 19.5. The first-order valence-electron chi connectivity index (χ1n) is 22.9. The second-order valence-electron chi connectivity index (χ2n) is 21.6. The van der Waals surface area contributed by atoms with Crippen molar-refractivity contribution in [3.05, 3.63) is 53.6 Å². The molecule has 8 rings (SSSR count). The molecule has 4 saturated carbocycles. The molecule has 5 fully saturated rings. The molecule has 10 heteroatoms. The summed E-state index contributed by atoms with van der Waals surface area (Å²) in [5.41, 5.74) is 3.98. The molecule has 1 aromatic heterocycles. The second-order valence-corrected chi connectivity index (χ2v) is 23.9. The van der Waals surface area contributed by atoms with E-state index in [0.717, 1.165) is 25.9 Å². The topological polar surface area (TPSA) is 118 Å². The quantitative estimate of drug-likeness (QED) is 0.211. The molecule has 9 nitrogen and oxygen atoms in total. The van der Waals surface area contributed by atoms with Crippen molar-refractivity contribution < 1.29 is 27.8 Å². The lowest BCUT2D eigenvalue weighted by atomic mass is 9.33. The number of allylic oxidation sites excluding steroid dienone is 5. The fourth-order valence-corrected chi connectivity index (χ4v) is 16.6. The van der Waals surface area contributed by atoms with E-state index in [4.69, 9.17) is 9.47 Å². The zero-order valence-corrected chi connectivity index (χ0v) is 38.0. The van der Waals surface area contributed by atoms with E-state index in [9.17, 15) is 18.3 Å². The van der Waals surface area contributed by atoms with E-state index in [1.54, 1.807) is 19.2 Å². The Hall–Kier alpha value is -2.69. The molecule has 1 aliphatic heterocycles. The van der Waals surface area contributed by atoms with Crippen molar-refractivity contribution in [3.63, 3.8) is 0 Å². The third kappa shape index (κ3) is 7.05. The van der Waals surface area contributed by atoms with Gasteiger partial charge in [-0.05, 0) is 146 Å². The van der Waals surface area contributed by atoms with Crippen molar-refractivity contribution in [2.45, 2.75) is 124 Å². The number of carbonyl (C=O) groups is 1. The van der Waals surface area contributed by atoms with Crippen LogP contribution in [-0.4, -0.2) is 86.3 Å². The molecule has 6 aliphatic carbocycles.